The highest BCUT2D eigenvalue weighted by Gasteiger charge is 2.23. The van der Waals surface area contributed by atoms with Crippen LogP contribution in [0.3, 0.4) is 0 Å². The van der Waals surface area contributed by atoms with Gasteiger partial charge >= 0.3 is 13.3 Å². The maximum absolute atomic E-state index is 9.43. The number of hydrogen-bond donors (Lipinski definition) is 4. The van der Waals surface area contributed by atoms with Crippen LogP contribution in [-0.4, -0.2) is 45.5 Å². The Labute approximate surface area is 80.8 Å². The summed E-state index contributed by atoms with van der Waals surface area (Å²) in [6.07, 6.45) is 1.65. The zero-order chi connectivity index (χ0) is 11.6. The summed E-state index contributed by atoms with van der Waals surface area (Å²) in [6.45, 7) is 4.45. The lowest BCUT2D eigenvalue weighted by Crippen LogP contribution is -1.97. The molecule has 0 amide bonds. The van der Waals surface area contributed by atoms with Gasteiger partial charge in [0.25, 0.3) is 0 Å². The molecule has 7 nitrogen and oxygen atoms in total. The van der Waals surface area contributed by atoms with Gasteiger partial charge in [-0.05, 0) is 0 Å². The number of aliphatic hydroxyl groups is 1. The van der Waals surface area contributed by atoms with Crippen LogP contribution in [0.4, 0.5) is 4.79 Å². The Morgan fingerprint density at radius 3 is 2.14 bits per heavy atom. The minimum atomic E-state index is -4.82. The van der Waals surface area contributed by atoms with Gasteiger partial charge in [0, 0.05) is 0 Å². The maximum atomic E-state index is 9.43. The third kappa shape index (κ3) is 13.8. The molecule has 0 aromatic heterocycles. The van der Waals surface area contributed by atoms with Crippen molar-refractivity contribution in [3.05, 3.63) is 12.7 Å². The maximum Gasteiger partial charge on any atom is 0.433 e. The van der Waals surface area contributed by atoms with E-state index in [0.717, 1.165) is 0 Å². The van der Waals surface area contributed by atoms with E-state index in [-0.39, 0.29) is 6.61 Å². The molecule has 0 saturated carbocycles. The molecule has 8 heteroatoms. The number of carbonyl (C=O) groups is 1. The van der Waals surface area contributed by atoms with E-state index in [0.29, 0.717) is 13.2 Å². The first-order chi connectivity index (χ1) is 6.36. The third-order valence-electron chi connectivity index (χ3n) is 0.721. The molecule has 0 bridgehead atoms. The Hall–Kier alpha value is -0.720. The van der Waals surface area contributed by atoms with Crippen molar-refractivity contribution in [3.8, 4) is 0 Å². The summed E-state index contributed by atoms with van der Waals surface area (Å²) in [6, 6.07) is 0. The van der Waals surface area contributed by atoms with Crippen LogP contribution < -0.4 is 0 Å². The summed E-state index contributed by atoms with van der Waals surface area (Å²) in [4.78, 5) is 24.5. The Morgan fingerprint density at radius 2 is 1.93 bits per heavy atom. The minimum absolute atomic E-state index is 0.0911. The number of rotatable bonds is 5. The van der Waals surface area contributed by atoms with Gasteiger partial charge in [0.05, 0.1) is 19.8 Å². The van der Waals surface area contributed by atoms with Gasteiger partial charge in [-0.25, -0.2) is 9.36 Å². The second-order valence-corrected chi connectivity index (χ2v) is 3.38. The molecule has 0 atom stereocenters. The van der Waals surface area contributed by atoms with Crippen molar-refractivity contribution in [1.29, 1.82) is 0 Å². The first-order valence-electron chi connectivity index (χ1n) is 3.44. The second kappa shape index (κ2) is 8.86. The number of carboxylic acid groups (broad SMARTS) is 1. The molecule has 0 heterocycles. The summed E-state index contributed by atoms with van der Waals surface area (Å²) in [7, 11) is -4.82. The van der Waals surface area contributed by atoms with Crippen molar-refractivity contribution in [2.75, 3.05) is 19.8 Å². The lowest BCUT2D eigenvalue weighted by molar-refractivity contribution is 0.112. The average Bonchev–Trinajstić information content (AvgIpc) is 2.05. The van der Waals surface area contributed by atoms with Gasteiger partial charge in [-0.15, -0.1) is 6.58 Å². The fourth-order valence-corrected chi connectivity index (χ4v) is 0.231. The van der Waals surface area contributed by atoms with E-state index >= 15 is 0 Å². The van der Waals surface area contributed by atoms with Crippen LogP contribution in [0.25, 0.3) is 0 Å². The third-order valence-corrected chi connectivity index (χ3v) is 1.22. The van der Waals surface area contributed by atoms with Crippen molar-refractivity contribution >= 4 is 13.3 Å². The van der Waals surface area contributed by atoms with Crippen LogP contribution in [-0.2, 0) is 9.30 Å². The molecule has 0 fully saturated rings. The van der Waals surface area contributed by atoms with Crippen molar-refractivity contribution in [2.24, 2.45) is 0 Å². The molecule has 0 unspecified atom stereocenters. The van der Waals surface area contributed by atoms with Crippen LogP contribution >= 0.6 is 7.60 Å². The molecular weight excluding hydrogens is 215 g/mol. The highest BCUT2D eigenvalue weighted by molar-refractivity contribution is 7.69. The monoisotopic (exact) mass is 228 g/mol. The van der Waals surface area contributed by atoms with Gasteiger partial charge in [-0.3, -0.25) is 0 Å². The highest BCUT2D eigenvalue weighted by atomic mass is 31.2. The summed E-state index contributed by atoms with van der Waals surface area (Å²) in [5.41, 5.74) is -2.09. The molecule has 0 saturated heterocycles. The molecule has 84 valence electrons. The van der Waals surface area contributed by atoms with Gasteiger partial charge in [-0.2, -0.15) is 0 Å². The Balaban J connectivity index is 0. The Bertz CT molecular complexity index is 208. The fraction of sp³-hybridized carbons (Fsp3) is 0.500. The molecule has 0 rings (SSSR count). The van der Waals surface area contributed by atoms with Crippen molar-refractivity contribution in [3.63, 3.8) is 0 Å². The number of hydrogen-bond acceptors (Lipinski definition) is 4. The Morgan fingerprint density at radius 1 is 1.50 bits per heavy atom. The Kier molecular flexibility index (Phi) is 9.96. The fourth-order valence-electron chi connectivity index (χ4n) is 0.231. The van der Waals surface area contributed by atoms with Crippen LogP contribution in [0, 0.1) is 0 Å². The first kappa shape index (κ1) is 15.7. The normalized spacial score (nSPS) is 9.93. The number of ether oxygens (including phenoxy) is 1. The molecule has 0 radical (unpaired) electrons. The molecule has 0 aliphatic heterocycles. The van der Waals surface area contributed by atoms with Crippen molar-refractivity contribution < 1.29 is 34.1 Å². The zero-order valence-corrected chi connectivity index (χ0v) is 8.26. The van der Waals surface area contributed by atoms with Gasteiger partial charge < -0.3 is 24.7 Å². The molecule has 0 spiro atoms. The predicted octanol–water partition coefficient (Wildman–Crippen LogP) is 0.0234. The smallest absolute Gasteiger partial charge is 0.433 e. The zero-order valence-electron chi connectivity index (χ0n) is 7.37. The van der Waals surface area contributed by atoms with Crippen LogP contribution in [0.5, 0.6) is 0 Å². The van der Waals surface area contributed by atoms with E-state index in [1.807, 2.05) is 0 Å². The molecule has 0 aliphatic carbocycles. The van der Waals surface area contributed by atoms with E-state index in [1.54, 1.807) is 6.08 Å². The average molecular weight is 228 g/mol. The predicted molar refractivity (Wildman–Crippen MR) is 48.2 cm³/mol. The van der Waals surface area contributed by atoms with Gasteiger partial charge in [0.15, 0.2) is 0 Å². The molecule has 4 N–H and O–H groups in total. The van der Waals surface area contributed by atoms with Gasteiger partial charge in [0.1, 0.15) is 0 Å². The summed E-state index contributed by atoms with van der Waals surface area (Å²) < 4.78 is 14.2. The minimum Gasteiger partial charge on any atom is -0.472 e. The summed E-state index contributed by atoms with van der Waals surface area (Å²) >= 11 is 0. The lowest BCUT2D eigenvalue weighted by atomic mass is 10.7. The van der Waals surface area contributed by atoms with E-state index in [4.69, 9.17) is 24.7 Å². The van der Waals surface area contributed by atoms with Gasteiger partial charge in [-0.1, -0.05) is 6.08 Å². The lowest BCUT2D eigenvalue weighted by Gasteiger charge is -1.92. The quantitative estimate of drug-likeness (QED) is 0.297. The summed E-state index contributed by atoms with van der Waals surface area (Å²) in [5, 5.41) is 15.6. The SMILES string of the molecule is C=CCOCCO.O=C(O)P(=O)(O)O. The van der Waals surface area contributed by atoms with Gasteiger partial charge in [0.2, 0.25) is 0 Å². The molecule has 0 aromatic rings. The van der Waals surface area contributed by atoms with Crippen molar-refractivity contribution in [2.45, 2.75) is 0 Å². The van der Waals surface area contributed by atoms with E-state index in [1.165, 1.54) is 0 Å². The first-order valence-corrected chi connectivity index (χ1v) is 5.06. The van der Waals surface area contributed by atoms with Crippen molar-refractivity contribution in [1.82, 2.24) is 0 Å². The topological polar surface area (TPSA) is 124 Å². The highest BCUT2D eigenvalue weighted by Crippen LogP contribution is 2.34. The van der Waals surface area contributed by atoms with E-state index in [2.05, 4.69) is 6.58 Å². The van der Waals surface area contributed by atoms with E-state index in [9.17, 15) is 9.36 Å². The molecular formula is C6H13O7P. The molecule has 0 aliphatic rings. The van der Waals surface area contributed by atoms with E-state index < -0.39 is 13.3 Å². The van der Waals surface area contributed by atoms with Crippen LogP contribution in [0.1, 0.15) is 0 Å². The largest absolute Gasteiger partial charge is 0.472 e. The van der Waals surface area contributed by atoms with Crippen LogP contribution in [0.2, 0.25) is 0 Å². The summed E-state index contributed by atoms with van der Waals surface area (Å²) in [5.74, 6) is 0. The second-order valence-electron chi connectivity index (χ2n) is 1.91. The molecule has 14 heavy (non-hydrogen) atoms. The number of aliphatic hydroxyl groups excluding tert-OH is 1. The van der Waals surface area contributed by atoms with Crippen LogP contribution in [0.15, 0.2) is 12.7 Å². The molecule has 0 aromatic carbocycles. The standard InChI is InChI=1S/C5H10O2.CH3O5P/c1-2-4-7-5-3-6;2-1(3)7(4,5)6/h2,6H,1,3-5H2;(H,2,3)(H2,4,5,6).